The molecule has 1 N–H and O–H groups in total. The molecule has 0 spiro atoms. The molecule has 1 saturated heterocycles. The molecule has 0 bridgehead atoms. The fourth-order valence-corrected chi connectivity index (χ4v) is 3.84. The monoisotopic (exact) mass is 294 g/mol. The lowest BCUT2D eigenvalue weighted by Crippen LogP contribution is -2.61. The van der Waals surface area contributed by atoms with Crippen LogP contribution < -0.4 is 5.32 Å². The molecule has 3 heteroatoms. The van der Waals surface area contributed by atoms with Gasteiger partial charge >= 0.3 is 0 Å². The van der Waals surface area contributed by atoms with Gasteiger partial charge in [-0.05, 0) is 46.1 Å². The van der Waals surface area contributed by atoms with Gasteiger partial charge < -0.3 is 10.1 Å². The smallest absolute Gasteiger partial charge is 0.0594 e. The average molecular weight is 294 g/mol. The van der Waals surface area contributed by atoms with Crippen LogP contribution in [0.3, 0.4) is 0 Å². The zero-order valence-electron chi connectivity index (χ0n) is 14.3. The zero-order valence-corrected chi connectivity index (χ0v) is 14.3. The number of morpholine rings is 1. The van der Waals surface area contributed by atoms with E-state index in [1.165, 1.54) is 38.5 Å². The number of likely N-dealkylation sites (N-methyl/N-ethyl adjacent to an activating group) is 1. The van der Waals surface area contributed by atoms with Crippen LogP contribution in [0.25, 0.3) is 0 Å². The van der Waals surface area contributed by atoms with Crippen molar-refractivity contribution in [2.45, 2.75) is 70.9 Å². The molecule has 1 atom stereocenters. The number of hydrogen-bond donors (Lipinski definition) is 1. The highest BCUT2D eigenvalue weighted by molar-refractivity contribution is 5.19. The van der Waals surface area contributed by atoms with E-state index in [-0.39, 0.29) is 5.54 Å². The number of allylic oxidation sites excluding steroid dienone is 1. The second-order valence-corrected chi connectivity index (χ2v) is 6.98. The van der Waals surface area contributed by atoms with E-state index in [1.54, 1.807) is 5.57 Å². The van der Waals surface area contributed by atoms with Gasteiger partial charge in [0.2, 0.25) is 0 Å². The number of nitrogens with zero attached hydrogens (tertiary/aromatic N) is 1. The van der Waals surface area contributed by atoms with Crippen LogP contribution in [0.5, 0.6) is 0 Å². The van der Waals surface area contributed by atoms with Crippen molar-refractivity contribution in [2.24, 2.45) is 0 Å². The van der Waals surface area contributed by atoms with Gasteiger partial charge in [0.05, 0.1) is 13.2 Å². The van der Waals surface area contributed by atoms with Gasteiger partial charge in [-0.25, -0.2) is 0 Å². The van der Waals surface area contributed by atoms with Crippen molar-refractivity contribution in [3.05, 3.63) is 11.6 Å². The summed E-state index contributed by atoms with van der Waals surface area (Å²) < 4.78 is 5.54. The Morgan fingerprint density at radius 2 is 1.90 bits per heavy atom. The molecule has 0 aromatic heterocycles. The third kappa shape index (κ3) is 4.54. The lowest BCUT2D eigenvalue weighted by molar-refractivity contribution is -0.0191. The minimum Gasteiger partial charge on any atom is -0.379 e. The molecule has 0 radical (unpaired) electrons. The van der Waals surface area contributed by atoms with Gasteiger partial charge in [-0.1, -0.05) is 31.4 Å². The van der Waals surface area contributed by atoms with Gasteiger partial charge in [-0.2, -0.15) is 0 Å². The molecule has 21 heavy (non-hydrogen) atoms. The lowest BCUT2D eigenvalue weighted by Gasteiger charge is -2.47. The Morgan fingerprint density at radius 1 is 1.19 bits per heavy atom. The number of hydrogen-bond acceptors (Lipinski definition) is 3. The van der Waals surface area contributed by atoms with Crippen LogP contribution >= 0.6 is 0 Å². The van der Waals surface area contributed by atoms with Crippen molar-refractivity contribution in [1.29, 1.82) is 0 Å². The quantitative estimate of drug-likeness (QED) is 0.787. The van der Waals surface area contributed by atoms with Crippen LogP contribution in [-0.2, 0) is 4.74 Å². The van der Waals surface area contributed by atoms with Gasteiger partial charge in [0.1, 0.15) is 0 Å². The first kappa shape index (κ1) is 17.0. The predicted octanol–water partition coefficient (Wildman–Crippen LogP) is 3.36. The van der Waals surface area contributed by atoms with E-state index < -0.39 is 0 Å². The van der Waals surface area contributed by atoms with E-state index in [0.717, 1.165) is 32.8 Å². The molecule has 1 aliphatic heterocycles. The summed E-state index contributed by atoms with van der Waals surface area (Å²) in [6.45, 7) is 11.9. The Bertz CT molecular complexity index is 332. The van der Waals surface area contributed by atoms with E-state index in [9.17, 15) is 0 Å². The van der Waals surface area contributed by atoms with Crippen molar-refractivity contribution in [3.63, 3.8) is 0 Å². The third-order valence-corrected chi connectivity index (χ3v) is 5.14. The Kier molecular flexibility index (Phi) is 6.72. The second-order valence-electron chi connectivity index (χ2n) is 6.98. The molecule has 2 aliphatic rings. The van der Waals surface area contributed by atoms with E-state index in [1.807, 2.05) is 0 Å². The van der Waals surface area contributed by atoms with Crippen molar-refractivity contribution in [1.82, 2.24) is 10.2 Å². The lowest BCUT2D eigenvalue weighted by atomic mass is 9.82. The topological polar surface area (TPSA) is 24.5 Å². The fourth-order valence-electron chi connectivity index (χ4n) is 3.84. The minimum atomic E-state index is 0.158. The van der Waals surface area contributed by atoms with Crippen molar-refractivity contribution < 1.29 is 4.74 Å². The Hall–Kier alpha value is -0.380. The van der Waals surface area contributed by atoms with Crippen LogP contribution in [0.15, 0.2) is 11.6 Å². The summed E-state index contributed by atoms with van der Waals surface area (Å²) in [7, 11) is 0. The van der Waals surface area contributed by atoms with Gasteiger partial charge in [0, 0.05) is 24.7 Å². The molecule has 1 fully saturated rings. The first-order valence-electron chi connectivity index (χ1n) is 8.91. The number of rotatable bonds is 5. The second kappa shape index (κ2) is 8.30. The maximum absolute atomic E-state index is 5.54. The normalized spacial score (nSPS) is 24.0. The SMILES string of the molecule is CCNC(C1=CCCCCCC1)C(C)(C)N1CCOCC1. The Morgan fingerprint density at radius 3 is 2.62 bits per heavy atom. The van der Waals surface area contributed by atoms with Crippen LogP contribution in [0, 0.1) is 0 Å². The molecule has 1 unspecified atom stereocenters. The van der Waals surface area contributed by atoms with Gasteiger partial charge in [-0.15, -0.1) is 0 Å². The highest BCUT2D eigenvalue weighted by Gasteiger charge is 2.37. The summed E-state index contributed by atoms with van der Waals surface area (Å²) >= 11 is 0. The first-order chi connectivity index (χ1) is 10.2. The summed E-state index contributed by atoms with van der Waals surface area (Å²) in [5, 5.41) is 3.79. The molecule has 122 valence electrons. The molecule has 0 saturated carbocycles. The predicted molar refractivity (Wildman–Crippen MR) is 89.7 cm³/mol. The van der Waals surface area contributed by atoms with E-state index >= 15 is 0 Å². The molecule has 0 aromatic carbocycles. The van der Waals surface area contributed by atoms with Crippen molar-refractivity contribution in [2.75, 3.05) is 32.8 Å². The Balaban J connectivity index is 2.14. The highest BCUT2D eigenvalue weighted by atomic mass is 16.5. The highest BCUT2D eigenvalue weighted by Crippen LogP contribution is 2.29. The molecule has 2 rings (SSSR count). The summed E-state index contributed by atoms with van der Waals surface area (Å²) in [5.41, 5.74) is 1.80. The largest absolute Gasteiger partial charge is 0.379 e. The van der Waals surface area contributed by atoms with E-state index in [2.05, 4.69) is 37.1 Å². The van der Waals surface area contributed by atoms with Gasteiger partial charge in [0.15, 0.2) is 0 Å². The molecule has 0 aromatic rings. The molecule has 1 heterocycles. The van der Waals surface area contributed by atoms with Crippen LogP contribution in [0.1, 0.15) is 59.3 Å². The molecule has 1 aliphatic carbocycles. The fraction of sp³-hybridized carbons (Fsp3) is 0.889. The number of ether oxygens (including phenoxy) is 1. The van der Waals surface area contributed by atoms with Gasteiger partial charge in [-0.3, -0.25) is 4.90 Å². The van der Waals surface area contributed by atoms with E-state index in [0.29, 0.717) is 6.04 Å². The summed E-state index contributed by atoms with van der Waals surface area (Å²) in [4.78, 5) is 2.61. The standard InChI is InChI=1S/C18H34N2O/c1-4-19-17(16-10-8-6-5-7-9-11-16)18(2,3)20-12-14-21-15-13-20/h10,17,19H,4-9,11-15H2,1-3H3. The average Bonchev–Trinajstić information content (AvgIpc) is 2.46. The summed E-state index contributed by atoms with van der Waals surface area (Å²) in [5.74, 6) is 0. The van der Waals surface area contributed by atoms with Crippen molar-refractivity contribution >= 4 is 0 Å². The van der Waals surface area contributed by atoms with Crippen LogP contribution in [0.2, 0.25) is 0 Å². The van der Waals surface area contributed by atoms with E-state index in [4.69, 9.17) is 4.74 Å². The Labute approximate surface area is 131 Å². The summed E-state index contributed by atoms with van der Waals surface area (Å²) in [6.07, 6.45) is 10.6. The molecule has 0 amide bonds. The molecular formula is C18H34N2O. The maximum atomic E-state index is 5.54. The minimum absolute atomic E-state index is 0.158. The molecular weight excluding hydrogens is 260 g/mol. The third-order valence-electron chi connectivity index (χ3n) is 5.14. The first-order valence-corrected chi connectivity index (χ1v) is 8.91. The maximum Gasteiger partial charge on any atom is 0.0594 e. The molecule has 3 nitrogen and oxygen atoms in total. The van der Waals surface area contributed by atoms with Crippen LogP contribution in [-0.4, -0.2) is 49.3 Å². The van der Waals surface area contributed by atoms with Gasteiger partial charge in [0.25, 0.3) is 0 Å². The zero-order chi connectivity index (χ0) is 15.1. The van der Waals surface area contributed by atoms with Crippen LogP contribution in [0.4, 0.5) is 0 Å². The summed E-state index contributed by atoms with van der Waals surface area (Å²) in [6, 6.07) is 0.471. The number of nitrogens with one attached hydrogen (secondary N) is 1. The van der Waals surface area contributed by atoms with Crippen molar-refractivity contribution in [3.8, 4) is 0 Å².